The van der Waals surface area contributed by atoms with E-state index in [2.05, 4.69) is 4.74 Å². The van der Waals surface area contributed by atoms with E-state index in [-0.39, 0.29) is 12.3 Å². The minimum atomic E-state index is -0.917. The number of carbonyl (C=O) groups excluding carboxylic acids is 1. The highest BCUT2D eigenvalue weighted by atomic mass is 35.5. The van der Waals surface area contributed by atoms with E-state index < -0.39 is 6.09 Å². The third-order valence-electron chi connectivity index (χ3n) is 3.68. The van der Waals surface area contributed by atoms with Crippen LogP contribution >= 0.6 is 11.6 Å². The molecule has 2 rings (SSSR count). The molecule has 0 aliphatic heterocycles. The summed E-state index contributed by atoms with van der Waals surface area (Å²) in [7, 11) is 2.67. The molecule has 0 bridgehead atoms. The Hall–Kier alpha value is -2.44. The van der Waals surface area contributed by atoms with E-state index in [1.54, 1.807) is 24.3 Å². The van der Waals surface area contributed by atoms with Gasteiger partial charge in [0.15, 0.2) is 0 Å². The number of rotatable bonds is 6. The van der Waals surface area contributed by atoms with Crippen LogP contribution in [0.3, 0.4) is 0 Å². The van der Waals surface area contributed by atoms with Crippen LogP contribution in [0.15, 0.2) is 36.4 Å². The van der Waals surface area contributed by atoms with Crippen molar-refractivity contribution in [2.75, 3.05) is 19.3 Å². The summed E-state index contributed by atoms with van der Waals surface area (Å²) in [5, 5.41) is 10.9. The first kappa shape index (κ1) is 18.9. The van der Waals surface area contributed by atoms with E-state index in [0.717, 1.165) is 12.0 Å². The van der Waals surface area contributed by atoms with Crippen molar-refractivity contribution in [2.45, 2.75) is 20.0 Å². The van der Waals surface area contributed by atoms with Gasteiger partial charge in [-0.1, -0.05) is 30.7 Å². The van der Waals surface area contributed by atoms with Crippen molar-refractivity contribution in [1.29, 1.82) is 0 Å². The summed E-state index contributed by atoms with van der Waals surface area (Å²) in [6.07, 6.45) is -0.0465. The molecule has 6 nitrogen and oxygen atoms in total. The largest absolute Gasteiger partial charge is 0.496 e. The molecule has 0 radical (unpaired) electrons. The third-order valence-corrected chi connectivity index (χ3v) is 3.98. The average molecular weight is 366 g/mol. The van der Waals surface area contributed by atoms with Gasteiger partial charge in [-0.15, -0.1) is 0 Å². The second-order valence-corrected chi connectivity index (χ2v) is 5.55. The smallest absolute Gasteiger partial charge is 0.438 e. The van der Waals surface area contributed by atoms with Crippen molar-refractivity contribution in [2.24, 2.45) is 0 Å². The predicted octanol–water partition coefficient (Wildman–Crippen LogP) is 4.45. The molecule has 0 saturated carbocycles. The van der Waals surface area contributed by atoms with Crippen LogP contribution < -0.4 is 14.5 Å². The number of halogens is 1. The van der Waals surface area contributed by atoms with Gasteiger partial charge in [0.2, 0.25) is 0 Å². The Morgan fingerprint density at radius 2 is 1.96 bits per heavy atom. The first-order valence-corrected chi connectivity index (χ1v) is 8.03. The van der Waals surface area contributed by atoms with Gasteiger partial charge in [0, 0.05) is 0 Å². The van der Waals surface area contributed by atoms with Gasteiger partial charge in [-0.3, -0.25) is 5.21 Å². The molecule has 0 saturated heterocycles. The molecule has 0 unspecified atom stereocenters. The quantitative estimate of drug-likeness (QED) is 0.605. The first-order chi connectivity index (χ1) is 12.0. The second-order valence-electron chi connectivity index (χ2n) is 5.15. The molecule has 7 heteroatoms. The van der Waals surface area contributed by atoms with Gasteiger partial charge in [0.1, 0.15) is 18.1 Å². The predicted molar refractivity (Wildman–Crippen MR) is 94.8 cm³/mol. The Morgan fingerprint density at radius 3 is 2.56 bits per heavy atom. The van der Waals surface area contributed by atoms with E-state index in [1.807, 2.05) is 19.1 Å². The molecule has 2 aromatic carbocycles. The minimum absolute atomic E-state index is 0.0403. The van der Waals surface area contributed by atoms with Crippen LogP contribution in [0, 0.1) is 0 Å². The Morgan fingerprint density at radius 1 is 1.20 bits per heavy atom. The van der Waals surface area contributed by atoms with Crippen LogP contribution in [0.1, 0.15) is 18.1 Å². The average Bonchev–Trinajstić information content (AvgIpc) is 2.65. The van der Waals surface area contributed by atoms with E-state index in [9.17, 15) is 10.0 Å². The number of methoxy groups -OCH3 is 2. The molecule has 0 aliphatic carbocycles. The fourth-order valence-corrected chi connectivity index (χ4v) is 2.56. The molecule has 0 aliphatic rings. The molecule has 0 fully saturated rings. The van der Waals surface area contributed by atoms with Gasteiger partial charge in [-0.2, -0.15) is 5.06 Å². The molecule has 0 heterocycles. The topological polar surface area (TPSA) is 68.2 Å². The van der Waals surface area contributed by atoms with E-state index in [1.165, 1.54) is 14.2 Å². The summed E-state index contributed by atoms with van der Waals surface area (Å²) in [6.45, 7) is 2.08. The molecule has 134 valence electrons. The number of hydrogen-bond donors (Lipinski definition) is 1. The molecule has 2 aromatic rings. The van der Waals surface area contributed by atoms with Gasteiger partial charge >= 0.3 is 6.09 Å². The van der Waals surface area contributed by atoms with Crippen LogP contribution in [0.5, 0.6) is 11.5 Å². The highest BCUT2D eigenvalue weighted by Crippen LogP contribution is 2.32. The number of benzene rings is 2. The molecule has 0 aromatic heterocycles. The summed E-state index contributed by atoms with van der Waals surface area (Å²) < 4.78 is 15.6. The first-order valence-electron chi connectivity index (χ1n) is 7.65. The van der Waals surface area contributed by atoms with E-state index in [0.29, 0.717) is 27.1 Å². The van der Waals surface area contributed by atoms with Crippen molar-refractivity contribution in [3.63, 3.8) is 0 Å². The van der Waals surface area contributed by atoms with Gasteiger partial charge in [0.25, 0.3) is 0 Å². The number of carbonyl (C=O) groups is 1. The minimum Gasteiger partial charge on any atom is -0.496 e. The maximum atomic E-state index is 11.6. The maximum Gasteiger partial charge on any atom is 0.438 e. The summed E-state index contributed by atoms with van der Waals surface area (Å²) >= 11 is 6.23. The molecular weight excluding hydrogens is 346 g/mol. The van der Waals surface area contributed by atoms with Crippen LogP contribution in [0.4, 0.5) is 10.5 Å². The molecule has 0 spiro atoms. The van der Waals surface area contributed by atoms with Crippen molar-refractivity contribution in [3.05, 3.63) is 52.5 Å². The lowest BCUT2D eigenvalue weighted by Crippen LogP contribution is -2.28. The lowest BCUT2D eigenvalue weighted by Gasteiger charge is -2.20. The molecule has 25 heavy (non-hydrogen) atoms. The normalized spacial score (nSPS) is 10.3. The zero-order valence-electron chi connectivity index (χ0n) is 14.3. The van der Waals surface area contributed by atoms with E-state index >= 15 is 0 Å². The van der Waals surface area contributed by atoms with Gasteiger partial charge < -0.3 is 14.2 Å². The zero-order chi connectivity index (χ0) is 18.4. The SMILES string of the molecule is CCc1ccc(OCc2c(OC)cccc2N(O)C(=O)OC)c(Cl)c1. The maximum absolute atomic E-state index is 11.6. The number of hydrogen-bond acceptors (Lipinski definition) is 5. The Balaban J connectivity index is 2.30. The van der Waals surface area contributed by atoms with Crippen LogP contribution in [-0.4, -0.2) is 25.5 Å². The zero-order valence-corrected chi connectivity index (χ0v) is 15.0. The van der Waals surface area contributed by atoms with Crippen molar-refractivity contribution in [1.82, 2.24) is 0 Å². The summed E-state index contributed by atoms with van der Waals surface area (Å²) in [5.41, 5.74) is 1.78. The van der Waals surface area contributed by atoms with Crippen LogP contribution in [0.2, 0.25) is 5.02 Å². The summed E-state index contributed by atoms with van der Waals surface area (Å²) in [4.78, 5) is 11.6. The van der Waals surface area contributed by atoms with Crippen molar-refractivity contribution >= 4 is 23.4 Å². The number of anilines is 1. The molecule has 0 atom stereocenters. The van der Waals surface area contributed by atoms with Crippen LogP contribution in [0.25, 0.3) is 0 Å². The highest BCUT2D eigenvalue weighted by molar-refractivity contribution is 6.32. The Bertz CT molecular complexity index is 750. The lowest BCUT2D eigenvalue weighted by atomic mass is 10.1. The number of ether oxygens (including phenoxy) is 3. The highest BCUT2D eigenvalue weighted by Gasteiger charge is 2.20. The standard InChI is InChI=1S/C18H20ClNO5/c1-4-12-8-9-17(14(19)10-12)25-11-13-15(20(22)18(21)24-3)6-5-7-16(13)23-2/h5-10,22H,4,11H2,1-3H3. The fourth-order valence-electron chi connectivity index (χ4n) is 2.30. The Labute approximate surface area is 151 Å². The third kappa shape index (κ3) is 4.35. The summed E-state index contributed by atoms with van der Waals surface area (Å²) in [6, 6.07) is 10.5. The number of nitrogens with zero attached hydrogens (tertiary/aromatic N) is 1. The fraction of sp³-hybridized carbons (Fsp3) is 0.278. The van der Waals surface area contributed by atoms with Crippen LogP contribution in [-0.2, 0) is 17.8 Å². The number of hydroxylamine groups is 1. The monoisotopic (exact) mass is 365 g/mol. The van der Waals surface area contributed by atoms with E-state index in [4.69, 9.17) is 21.1 Å². The Kier molecular flexibility index (Phi) is 6.50. The van der Waals surface area contributed by atoms with Crippen molar-refractivity contribution < 1.29 is 24.2 Å². The van der Waals surface area contributed by atoms with Gasteiger partial charge in [-0.25, -0.2) is 4.79 Å². The number of aryl methyl sites for hydroxylation is 1. The van der Waals surface area contributed by atoms with Gasteiger partial charge in [-0.05, 0) is 36.2 Å². The molecular formula is C18H20ClNO5. The lowest BCUT2D eigenvalue weighted by molar-refractivity contribution is 0.140. The summed E-state index contributed by atoms with van der Waals surface area (Å²) in [5.74, 6) is 0.958. The number of amides is 1. The molecule has 1 amide bonds. The van der Waals surface area contributed by atoms with Gasteiger partial charge in [0.05, 0.1) is 30.5 Å². The second kappa shape index (κ2) is 8.60. The van der Waals surface area contributed by atoms with Crippen molar-refractivity contribution in [3.8, 4) is 11.5 Å². The molecule has 1 N–H and O–H groups in total.